The molecule has 176 valence electrons. The Morgan fingerprint density at radius 1 is 1.19 bits per heavy atom. The van der Waals surface area contributed by atoms with Gasteiger partial charge in [-0.2, -0.15) is 0 Å². The zero-order valence-electron chi connectivity index (χ0n) is 20.0. The molecule has 1 aromatic carbocycles. The van der Waals surface area contributed by atoms with E-state index >= 15 is 0 Å². The Hall–Kier alpha value is -2.18. The summed E-state index contributed by atoms with van der Waals surface area (Å²) >= 11 is 0. The van der Waals surface area contributed by atoms with Crippen LogP contribution in [0.5, 0.6) is 0 Å². The summed E-state index contributed by atoms with van der Waals surface area (Å²) in [5.74, 6) is 1.83. The van der Waals surface area contributed by atoms with Gasteiger partial charge in [-0.1, -0.05) is 32.4 Å². The van der Waals surface area contributed by atoms with Gasteiger partial charge in [-0.3, -0.25) is 0 Å². The van der Waals surface area contributed by atoms with Crippen molar-refractivity contribution in [2.24, 2.45) is 11.8 Å². The molecule has 1 aliphatic carbocycles. The first-order valence-corrected chi connectivity index (χ1v) is 11.7. The Kier molecular flexibility index (Phi) is 8.12. The van der Waals surface area contributed by atoms with Gasteiger partial charge in [0.2, 0.25) is 5.89 Å². The molecule has 0 saturated heterocycles. The first-order valence-electron chi connectivity index (χ1n) is 11.7. The fraction of sp³-hybridized carbons (Fsp3) is 0.615. The van der Waals surface area contributed by atoms with Crippen molar-refractivity contribution in [3.8, 4) is 11.5 Å². The summed E-state index contributed by atoms with van der Waals surface area (Å²) in [6.07, 6.45) is 4.33. The van der Waals surface area contributed by atoms with Crippen LogP contribution in [0.3, 0.4) is 0 Å². The molecule has 1 saturated carbocycles. The molecule has 1 heterocycles. The van der Waals surface area contributed by atoms with E-state index in [1.807, 2.05) is 6.92 Å². The van der Waals surface area contributed by atoms with Crippen LogP contribution in [-0.4, -0.2) is 34.9 Å². The van der Waals surface area contributed by atoms with Gasteiger partial charge in [0.05, 0.1) is 13.2 Å². The Bertz CT molecular complexity index is 884. The van der Waals surface area contributed by atoms with E-state index in [4.69, 9.17) is 13.9 Å². The minimum Gasteiger partial charge on any atom is -0.479 e. The third kappa shape index (κ3) is 6.42. The second-order valence-electron chi connectivity index (χ2n) is 9.84. The van der Waals surface area contributed by atoms with Gasteiger partial charge in [-0.05, 0) is 75.5 Å². The third-order valence-electron chi connectivity index (χ3n) is 6.40. The highest BCUT2D eigenvalue weighted by Gasteiger charge is 2.30. The number of aryl methyl sites for hydroxylation is 1. The largest absolute Gasteiger partial charge is 0.479 e. The number of aliphatic carboxylic acids is 1. The van der Waals surface area contributed by atoms with Crippen LogP contribution in [0.15, 0.2) is 28.7 Å². The number of carboxylic acid groups (broad SMARTS) is 1. The van der Waals surface area contributed by atoms with Crippen LogP contribution in [0.1, 0.15) is 76.3 Å². The Balaban J connectivity index is 1.48. The van der Waals surface area contributed by atoms with Gasteiger partial charge in [-0.25, -0.2) is 9.78 Å². The van der Waals surface area contributed by atoms with Gasteiger partial charge >= 0.3 is 5.97 Å². The summed E-state index contributed by atoms with van der Waals surface area (Å²) in [5.41, 5.74) is 1.97. The van der Waals surface area contributed by atoms with E-state index in [0.717, 1.165) is 42.7 Å². The van der Waals surface area contributed by atoms with Crippen molar-refractivity contribution in [3.63, 3.8) is 0 Å². The Morgan fingerprint density at radius 3 is 2.47 bits per heavy atom. The molecule has 3 rings (SSSR count). The Morgan fingerprint density at radius 2 is 1.84 bits per heavy atom. The highest BCUT2D eigenvalue weighted by atomic mass is 16.5. The van der Waals surface area contributed by atoms with Crippen LogP contribution in [0.2, 0.25) is 0 Å². The van der Waals surface area contributed by atoms with E-state index in [9.17, 15) is 9.90 Å². The average molecular weight is 444 g/mol. The van der Waals surface area contributed by atoms with E-state index in [0.29, 0.717) is 43.5 Å². The highest BCUT2D eigenvalue weighted by Crippen LogP contribution is 2.31. The summed E-state index contributed by atoms with van der Waals surface area (Å²) in [6, 6.07) is 8.36. The minimum atomic E-state index is -1.14. The molecule has 0 aliphatic heterocycles. The normalized spacial score (nSPS) is 19.4. The number of nitrogens with zero attached hydrogens (tertiary/aromatic N) is 1. The molecule has 6 nitrogen and oxygen atoms in total. The van der Waals surface area contributed by atoms with E-state index in [-0.39, 0.29) is 0 Å². The van der Waals surface area contributed by atoms with E-state index in [2.05, 4.69) is 43.1 Å². The number of rotatable bonds is 10. The second kappa shape index (κ2) is 10.6. The minimum absolute atomic E-state index is 0.380. The summed E-state index contributed by atoms with van der Waals surface area (Å²) in [4.78, 5) is 15.9. The fourth-order valence-corrected chi connectivity index (χ4v) is 4.11. The molecule has 0 amide bonds. The number of carbonyl (C=O) groups is 1. The van der Waals surface area contributed by atoms with Crippen molar-refractivity contribution in [2.75, 3.05) is 13.2 Å². The van der Waals surface area contributed by atoms with Crippen LogP contribution >= 0.6 is 0 Å². The molecule has 1 fully saturated rings. The smallest absolute Gasteiger partial charge is 0.335 e. The van der Waals surface area contributed by atoms with Gasteiger partial charge < -0.3 is 19.0 Å². The number of benzene rings is 1. The van der Waals surface area contributed by atoms with Gasteiger partial charge in [0.25, 0.3) is 0 Å². The van der Waals surface area contributed by atoms with Crippen molar-refractivity contribution >= 4 is 5.97 Å². The molecule has 0 bridgehead atoms. The summed E-state index contributed by atoms with van der Waals surface area (Å²) in [5, 5.41) is 9.22. The first kappa shape index (κ1) is 24.5. The van der Waals surface area contributed by atoms with Crippen LogP contribution in [0.25, 0.3) is 11.5 Å². The molecule has 0 radical (unpaired) electrons. The van der Waals surface area contributed by atoms with Crippen molar-refractivity contribution in [1.82, 2.24) is 4.98 Å². The number of oxazole rings is 1. The first-order chi connectivity index (χ1) is 15.2. The predicted octanol–water partition coefficient (Wildman–Crippen LogP) is 5.98. The highest BCUT2D eigenvalue weighted by molar-refractivity contribution is 5.76. The van der Waals surface area contributed by atoms with Crippen molar-refractivity contribution in [3.05, 3.63) is 41.3 Å². The number of hydrogen-bond donors (Lipinski definition) is 1. The summed E-state index contributed by atoms with van der Waals surface area (Å²) in [7, 11) is 0. The zero-order chi connectivity index (χ0) is 23.3. The maximum atomic E-state index is 11.2. The Labute approximate surface area is 191 Å². The van der Waals surface area contributed by atoms with Gasteiger partial charge in [-0.15, -0.1) is 0 Å². The summed E-state index contributed by atoms with van der Waals surface area (Å²) < 4.78 is 17.6. The van der Waals surface area contributed by atoms with Gasteiger partial charge in [0.1, 0.15) is 11.5 Å². The molecule has 32 heavy (non-hydrogen) atoms. The van der Waals surface area contributed by atoms with E-state index in [1.54, 1.807) is 13.8 Å². The molecule has 1 aliphatic rings. The molecule has 0 unspecified atom stereocenters. The molecule has 2 aromatic rings. The van der Waals surface area contributed by atoms with Crippen molar-refractivity contribution in [2.45, 2.75) is 78.4 Å². The van der Waals surface area contributed by atoms with Crippen LogP contribution in [-0.2, 0) is 20.9 Å². The molecule has 2 atom stereocenters. The van der Waals surface area contributed by atoms with Crippen molar-refractivity contribution in [1.29, 1.82) is 0 Å². The number of hydrogen-bond acceptors (Lipinski definition) is 5. The molecule has 6 heteroatoms. The lowest BCUT2D eigenvalue weighted by molar-refractivity contribution is -0.163. The van der Waals surface area contributed by atoms with Crippen molar-refractivity contribution < 1.29 is 23.8 Å². The average Bonchev–Trinajstić information content (AvgIpc) is 3.13. The molecule has 1 N–H and O–H groups in total. The topological polar surface area (TPSA) is 81.8 Å². The molecular weight excluding hydrogens is 406 g/mol. The SMILES string of the molecule is Cc1oc(-c2ccc(C(C)C)cc2)nc1COC[C@H]1CCC[C@@H](COC(C)(C)C(=O)O)C1. The predicted molar refractivity (Wildman–Crippen MR) is 124 cm³/mol. The molecule has 1 aromatic heterocycles. The standard InChI is InChI=1S/C26H37NO5/c1-17(2)21-9-11-22(12-10-21)24-27-23(18(3)32-24)16-30-14-19-7-6-8-20(13-19)15-31-26(4,5)25(28)29/h9-12,17,19-20H,6-8,13-16H2,1-5H3,(H,28,29)/t19-,20+/m0/s1. The zero-order valence-corrected chi connectivity index (χ0v) is 20.0. The number of ether oxygens (including phenoxy) is 2. The molecular formula is C26H37NO5. The van der Waals surface area contributed by atoms with Gasteiger partial charge in [0, 0.05) is 12.2 Å². The maximum Gasteiger partial charge on any atom is 0.335 e. The number of aromatic nitrogens is 1. The lowest BCUT2D eigenvalue weighted by Gasteiger charge is -2.31. The summed E-state index contributed by atoms with van der Waals surface area (Å²) in [6.45, 7) is 11.1. The van der Waals surface area contributed by atoms with Crippen LogP contribution in [0, 0.1) is 18.8 Å². The van der Waals surface area contributed by atoms with E-state index in [1.165, 1.54) is 5.56 Å². The third-order valence-corrected chi connectivity index (χ3v) is 6.40. The number of carboxylic acids is 1. The quantitative estimate of drug-likeness (QED) is 0.487. The molecule has 0 spiro atoms. The fourth-order valence-electron chi connectivity index (χ4n) is 4.11. The monoisotopic (exact) mass is 443 g/mol. The van der Waals surface area contributed by atoms with Gasteiger partial charge in [0.15, 0.2) is 5.60 Å². The van der Waals surface area contributed by atoms with Crippen LogP contribution in [0.4, 0.5) is 0 Å². The van der Waals surface area contributed by atoms with Crippen LogP contribution < -0.4 is 0 Å². The maximum absolute atomic E-state index is 11.2. The lowest BCUT2D eigenvalue weighted by Crippen LogP contribution is -2.37. The van der Waals surface area contributed by atoms with E-state index < -0.39 is 11.6 Å². The second-order valence-corrected chi connectivity index (χ2v) is 9.84. The lowest BCUT2D eigenvalue weighted by atomic mass is 9.82.